The molecule has 1 aromatic carbocycles. The topological polar surface area (TPSA) is 54.9 Å². The van der Waals surface area contributed by atoms with Crippen LogP contribution in [-0.4, -0.2) is 45.4 Å². The van der Waals surface area contributed by atoms with Crippen LogP contribution in [0, 0.1) is 0 Å². The molecule has 1 unspecified atom stereocenters. The summed E-state index contributed by atoms with van der Waals surface area (Å²) >= 11 is 0. The number of hydrogen-bond donors (Lipinski definition) is 2. The molecule has 1 atom stereocenters. The van der Waals surface area contributed by atoms with Gasteiger partial charge in [-0.2, -0.15) is 0 Å². The van der Waals surface area contributed by atoms with Crippen molar-refractivity contribution in [3.63, 3.8) is 0 Å². The van der Waals surface area contributed by atoms with Crippen LogP contribution in [0.3, 0.4) is 0 Å². The Kier molecular flexibility index (Phi) is 10.0. The number of hydrogen-bond acceptors (Lipinski definition) is 3. The van der Waals surface area contributed by atoms with Crippen LogP contribution in [0.4, 0.5) is 0 Å². The molecule has 1 heterocycles. The van der Waals surface area contributed by atoms with Gasteiger partial charge in [0.1, 0.15) is 5.75 Å². The van der Waals surface area contributed by atoms with E-state index in [-0.39, 0.29) is 30.1 Å². The van der Waals surface area contributed by atoms with Gasteiger partial charge in [0.2, 0.25) is 0 Å². The lowest BCUT2D eigenvalue weighted by atomic mass is 10.1. The number of rotatable bonds is 7. The third-order valence-electron chi connectivity index (χ3n) is 3.66. The number of halogens is 1. The van der Waals surface area contributed by atoms with Gasteiger partial charge in [0, 0.05) is 19.7 Å². The van der Waals surface area contributed by atoms with Crippen molar-refractivity contribution in [1.82, 2.24) is 10.6 Å². The average molecular weight is 433 g/mol. The Morgan fingerprint density at radius 2 is 2.26 bits per heavy atom. The molecule has 0 aliphatic carbocycles. The molecule has 0 spiro atoms. The van der Waals surface area contributed by atoms with Crippen LogP contribution < -0.4 is 15.4 Å². The summed E-state index contributed by atoms with van der Waals surface area (Å²) in [5.74, 6) is 1.76. The summed E-state index contributed by atoms with van der Waals surface area (Å²) in [5, 5.41) is 6.65. The fraction of sp³-hybridized carbons (Fsp3) is 0.588. The molecule has 1 aliphatic rings. The number of ether oxygens (including phenoxy) is 2. The van der Waals surface area contributed by atoms with Crippen molar-refractivity contribution in [3.05, 3.63) is 29.8 Å². The summed E-state index contributed by atoms with van der Waals surface area (Å²) < 4.78 is 10.9. The number of aliphatic imine (C=N–C) groups is 1. The molecular weight excluding hydrogens is 405 g/mol. The van der Waals surface area contributed by atoms with Gasteiger partial charge in [-0.1, -0.05) is 12.1 Å². The van der Waals surface area contributed by atoms with Crippen molar-refractivity contribution in [3.8, 4) is 5.75 Å². The van der Waals surface area contributed by atoms with Gasteiger partial charge in [0.25, 0.3) is 0 Å². The first-order chi connectivity index (χ1) is 10.8. The van der Waals surface area contributed by atoms with Crippen molar-refractivity contribution in [1.29, 1.82) is 0 Å². The van der Waals surface area contributed by atoms with E-state index in [1.165, 1.54) is 5.56 Å². The van der Waals surface area contributed by atoms with Crippen molar-refractivity contribution in [2.75, 3.05) is 33.4 Å². The standard InChI is InChI=1S/C17H27N3O2.HI/c1-3-18-17(20-13-16-8-5-11-22-16)19-10-9-14-6-4-7-15(12-14)21-2;/h4,6-7,12,16H,3,5,8-11,13H2,1-2H3,(H2,18,19,20);1H. The van der Waals surface area contributed by atoms with Gasteiger partial charge >= 0.3 is 0 Å². The second kappa shape index (κ2) is 11.5. The van der Waals surface area contributed by atoms with Gasteiger partial charge in [0.15, 0.2) is 5.96 Å². The van der Waals surface area contributed by atoms with E-state index < -0.39 is 0 Å². The first-order valence-corrected chi connectivity index (χ1v) is 8.08. The molecule has 5 nitrogen and oxygen atoms in total. The molecule has 0 amide bonds. The second-order valence-electron chi connectivity index (χ2n) is 5.38. The zero-order valence-corrected chi connectivity index (χ0v) is 16.3. The van der Waals surface area contributed by atoms with Crippen LogP contribution in [0.25, 0.3) is 0 Å². The van der Waals surface area contributed by atoms with Gasteiger partial charge in [-0.05, 0) is 43.9 Å². The van der Waals surface area contributed by atoms with Crippen molar-refractivity contribution >= 4 is 29.9 Å². The molecule has 1 saturated heterocycles. The summed E-state index contributed by atoms with van der Waals surface area (Å²) in [6.07, 6.45) is 3.49. The minimum Gasteiger partial charge on any atom is -0.497 e. The van der Waals surface area contributed by atoms with E-state index >= 15 is 0 Å². The monoisotopic (exact) mass is 433 g/mol. The maximum atomic E-state index is 5.60. The molecule has 0 bridgehead atoms. The second-order valence-corrected chi connectivity index (χ2v) is 5.38. The largest absolute Gasteiger partial charge is 0.497 e. The molecule has 1 aliphatic heterocycles. The molecular formula is C17H28IN3O2. The molecule has 0 aromatic heterocycles. The predicted molar refractivity (Wildman–Crippen MR) is 105 cm³/mol. The molecule has 2 N–H and O–H groups in total. The minimum atomic E-state index is 0. The number of benzene rings is 1. The van der Waals surface area contributed by atoms with E-state index in [0.717, 1.165) is 57.2 Å². The Morgan fingerprint density at radius 3 is 2.96 bits per heavy atom. The van der Waals surface area contributed by atoms with Crippen LogP contribution in [0.1, 0.15) is 25.3 Å². The van der Waals surface area contributed by atoms with Crippen molar-refractivity contribution in [2.24, 2.45) is 4.99 Å². The lowest BCUT2D eigenvalue weighted by Crippen LogP contribution is -2.38. The molecule has 130 valence electrons. The molecule has 1 fully saturated rings. The number of nitrogens with zero attached hydrogens (tertiary/aromatic N) is 1. The Hall–Kier alpha value is -1.02. The molecule has 2 rings (SSSR count). The highest BCUT2D eigenvalue weighted by atomic mass is 127. The summed E-state index contributed by atoms with van der Waals surface area (Å²) in [5.41, 5.74) is 1.25. The number of nitrogens with one attached hydrogen (secondary N) is 2. The highest BCUT2D eigenvalue weighted by Gasteiger charge is 2.14. The van der Waals surface area contributed by atoms with E-state index in [4.69, 9.17) is 9.47 Å². The highest BCUT2D eigenvalue weighted by Crippen LogP contribution is 2.13. The smallest absolute Gasteiger partial charge is 0.191 e. The number of methoxy groups -OCH3 is 1. The zero-order valence-electron chi connectivity index (χ0n) is 14.0. The van der Waals surface area contributed by atoms with Crippen LogP contribution in [0.5, 0.6) is 5.75 Å². The predicted octanol–water partition coefficient (Wildman–Crippen LogP) is 2.59. The minimum absolute atomic E-state index is 0. The molecule has 1 aromatic rings. The van der Waals surface area contributed by atoms with E-state index in [1.807, 2.05) is 12.1 Å². The molecule has 6 heteroatoms. The average Bonchev–Trinajstić information content (AvgIpc) is 3.06. The highest BCUT2D eigenvalue weighted by molar-refractivity contribution is 14.0. The first kappa shape index (κ1) is 20.0. The lowest BCUT2D eigenvalue weighted by molar-refractivity contribution is 0.117. The summed E-state index contributed by atoms with van der Waals surface area (Å²) in [4.78, 5) is 4.61. The normalized spacial score (nSPS) is 17.5. The van der Waals surface area contributed by atoms with Gasteiger partial charge in [0.05, 0.1) is 19.8 Å². The Bertz CT molecular complexity index is 477. The van der Waals surface area contributed by atoms with Gasteiger partial charge in [-0.3, -0.25) is 4.99 Å². The molecule has 23 heavy (non-hydrogen) atoms. The summed E-state index contributed by atoms with van der Waals surface area (Å²) in [7, 11) is 1.69. The Labute approximate surface area is 156 Å². The van der Waals surface area contributed by atoms with Crippen molar-refractivity contribution in [2.45, 2.75) is 32.3 Å². The quantitative estimate of drug-likeness (QED) is 0.395. The van der Waals surface area contributed by atoms with E-state index in [0.29, 0.717) is 0 Å². The fourth-order valence-electron chi connectivity index (χ4n) is 2.48. The maximum absolute atomic E-state index is 5.60. The van der Waals surface area contributed by atoms with E-state index in [2.05, 4.69) is 34.7 Å². The lowest BCUT2D eigenvalue weighted by Gasteiger charge is -2.13. The first-order valence-electron chi connectivity index (χ1n) is 8.08. The third-order valence-corrected chi connectivity index (χ3v) is 3.66. The number of guanidine groups is 1. The Morgan fingerprint density at radius 1 is 1.39 bits per heavy atom. The zero-order chi connectivity index (χ0) is 15.6. The molecule has 0 saturated carbocycles. The van der Waals surface area contributed by atoms with Gasteiger partial charge in [-0.25, -0.2) is 0 Å². The Balaban J connectivity index is 0.00000264. The summed E-state index contributed by atoms with van der Waals surface area (Å²) in [6, 6.07) is 8.16. The van der Waals surface area contributed by atoms with Gasteiger partial charge < -0.3 is 20.1 Å². The van der Waals surface area contributed by atoms with Crippen LogP contribution in [0.2, 0.25) is 0 Å². The van der Waals surface area contributed by atoms with E-state index in [1.54, 1.807) is 7.11 Å². The molecule has 0 radical (unpaired) electrons. The summed E-state index contributed by atoms with van der Waals surface area (Å²) in [6.45, 7) is 5.38. The van der Waals surface area contributed by atoms with Gasteiger partial charge in [-0.15, -0.1) is 24.0 Å². The third kappa shape index (κ3) is 7.39. The maximum Gasteiger partial charge on any atom is 0.191 e. The fourth-order valence-corrected chi connectivity index (χ4v) is 2.48. The SMILES string of the molecule is CCNC(=NCC1CCCO1)NCCc1cccc(OC)c1.I. The van der Waals surface area contributed by atoms with Crippen LogP contribution >= 0.6 is 24.0 Å². The van der Waals surface area contributed by atoms with Crippen LogP contribution in [0.15, 0.2) is 29.3 Å². The van der Waals surface area contributed by atoms with Crippen molar-refractivity contribution < 1.29 is 9.47 Å². The van der Waals surface area contributed by atoms with E-state index in [9.17, 15) is 0 Å². The van der Waals surface area contributed by atoms with Crippen LogP contribution in [-0.2, 0) is 11.2 Å².